The maximum atomic E-state index is 12.1. The third-order valence-electron chi connectivity index (χ3n) is 4.20. The zero-order chi connectivity index (χ0) is 14.0. The lowest BCUT2D eigenvalue weighted by Gasteiger charge is -2.24. The van der Waals surface area contributed by atoms with Gasteiger partial charge in [0.25, 0.3) is 0 Å². The quantitative estimate of drug-likeness (QED) is 0.550. The monoisotopic (exact) mass is 270 g/mol. The molecule has 1 heterocycles. The first-order valence-electron chi connectivity index (χ1n) is 6.84. The number of hydrogen-bond acceptors (Lipinski definition) is 4. The van der Waals surface area contributed by atoms with Crippen LogP contribution in [0.15, 0.2) is 0 Å². The second-order valence-corrected chi connectivity index (χ2v) is 6.03. The summed E-state index contributed by atoms with van der Waals surface area (Å²) in [5, 5.41) is 24.4. The number of nitrogens with one attached hydrogen (secondary N) is 2. The van der Waals surface area contributed by atoms with E-state index < -0.39 is 11.6 Å². The Hall–Kier alpha value is -1.14. The van der Waals surface area contributed by atoms with Gasteiger partial charge in [0.1, 0.15) is 0 Å². The maximum Gasteiger partial charge on any atom is 0.306 e. The SMILES string of the molecule is CC(O)(CNC(=O)C1NCC2CCCC21)CC(=O)O. The Labute approximate surface area is 112 Å². The molecule has 4 N–H and O–H groups in total. The number of amides is 1. The number of carbonyl (C=O) groups is 2. The van der Waals surface area contributed by atoms with Gasteiger partial charge in [-0.2, -0.15) is 0 Å². The lowest BCUT2D eigenvalue weighted by molar-refractivity contribution is -0.142. The van der Waals surface area contributed by atoms with Gasteiger partial charge in [0.15, 0.2) is 0 Å². The largest absolute Gasteiger partial charge is 0.481 e. The average molecular weight is 270 g/mol. The van der Waals surface area contributed by atoms with Gasteiger partial charge in [0.05, 0.1) is 18.1 Å². The van der Waals surface area contributed by atoms with E-state index in [1.54, 1.807) is 0 Å². The Kier molecular flexibility index (Phi) is 4.10. The third-order valence-corrected chi connectivity index (χ3v) is 4.20. The number of hydrogen-bond donors (Lipinski definition) is 4. The Morgan fingerprint density at radius 1 is 1.42 bits per heavy atom. The van der Waals surface area contributed by atoms with Gasteiger partial charge in [-0.15, -0.1) is 0 Å². The smallest absolute Gasteiger partial charge is 0.306 e. The van der Waals surface area contributed by atoms with Crippen molar-refractivity contribution >= 4 is 11.9 Å². The molecule has 4 atom stereocenters. The van der Waals surface area contributed by atoms with Crippen LogP contribution in [0.5, 0.6) is 0 Å². The number of aliphatic hydroxyl groups is 1. The van der Waals surface area contributed by atoms with Crippen molar-refractivity contribution in [1.82, 2.24) is 10.6 Å². The number of carboxylic acid groups (broad SMARTS) is 1. The van der Waals surface area contributed by atoms with Crippen LogP contribution in [-0.2, 0) is 9.59 Å². The van der Waals surface area contributed by atoms with E-state index >= 15 is 0 Å². The van der Waals surface area contributed by atoms with E-state index in [4.69, 9.17) is 5.11 Å². The second-order valence-electron chi connectivity index (χ2n) is 6.03. The molecule has 6 nitrogen and oxygen atoms in total. The summed E-state index contributed by atoms with van der Waals surface area (Å²) in [7, 11) is 0. The minimum atomic E-state index is -1.41. The normalized spacial score (nSPS) is 32.6. The molecular weight excluding hydrogens is 248 g/mol. The fourth-order valence-corrected chi connectivity index (χ4v) is 3.25. The number of rotatable bonds is 5. The van der Waals surface area contributed by atoms with Crippen LogP contribution in [-0.4, -0.2) is 46.8 Å². The number of carbonyl (C=O) groups excluding carboxylic acids is 1. The first-order chi connectivity index (χ1) is 8.89. The van der Waals surface area contributed by atoms with Crippen molar-refractivity contribution in [2.75, 3.05) is 13.1 Å². The Bertz CT molecular complexity index is 370. The molecule has 1 aliphatic heterocycles. The highest BCUT2D eigenvalue weighted by atomic mass is 16.4. The van der Waals surface area contributed by atoms with Crippen molar-refractivity contribution in [2.24, 2.45) is 11.8 Å². The maximum absolute atomic E-state index is 12.1. The summed E-state index contributed by atoms with van der Waals surface area (Å²) in [6, 6.07) is -0.187. The number of aliphatic carboxylic acids is 1. The fourth-order valence-electron chi connectivity index (χ4n) is 3.25. The standard InChI is InChI=1S/C13H22N2O4/c1-13(19,5-10(16)17)7-15-12(18)11-9-4-2-3-8(9)6-14-11/h8-9,11,14,19H,2-7H2,1H3,(H,15,18)(H,16,17). The molecule has 4 unspecified atom stereocenters. The summed E-state index contributed by atoms with van der Waals surface area (Å²) in [6.07, 6.45) is 3.05. The molecule has 0 aromatic carbocycles. The molecule has 1 aliphatic carbocycles. The number of carboxylic acids is 1. The van der Waals surface area contributed by atoms with E-state index in [-0.39, 0.29) is 24.9 Å². The third kappa shape index (κ3) is 3.45. The summed E-state index contributed by atoms with van der Waals surface area (Å²) >= 11 is 0. The summed E-state index contributed by atoms with van der Waals surface area (Å²) in [5.41, 5.74) is -1.41. The van der Waals surface area contributed by atoms with E-state index in [0.29, 0.717) is 11.8 Å². The lowest BCUT2D eigenvalue weighted by atomic mass is 9.93. The predicted octanol–water partition coefficient (Wildman–Crippen LogP) is -0.284. The predicted molar refractivity (Wildman–Crippen MR) is 68.5 cm³/mol. The zero-order valence-corrected chi connectivity index (χ0v) is 11.2. The van der Waals surface area contributed by atoms with Crippen LogP contribution in [0.2, 0.25) is 0 Å². The van der Waals surface area contributed by atoms with Crippen molar-refractivity contribution in [1.29, 1.82) is 0 Å². The Morgan fingerprint density at radius 2 is 2.16 bits per heavy atom. The molecule has 1 amide bonds. The fraction of sp³-hybridized carbons (Fsp3) is 0.846. The highest BCUT2D eigenvalue weighted by molar-refractivity contribution is 5.82. The van der Waals surface area contributed by atoms with Crippen LogP contribution in [0.3, 0.4) is 0 Å². The molecule has 2 rings (SSSR count). The lowest BCUT2D eigenvalue weighted by Crippen LogP contribution is -2.49. The highest BCUT2D eigenvalue weighted by Crippen LogP contribution is 2.37. The van der Waals surface area contributed by atoms with Crippen molar-refractivity contribution < 1.29 is 19.8 Å². The Balaban J connectivity index is 1.83. The molecule has 1 saturated heterocycles. The molecule has 0 aromatic rings. The van der Waals surface area contributed by atoms with Crippen LogP contribution in [0, 0.1) is 11.8 Å². The van der Waals surface area contributed by atoms with Gasteiger partial charge in [-0.25, -0.2) is 0 Å². The molecule has 0 aromatic heterocycles. The average Bonchev–Trinajstić information content (AvgIpc) is 2.85. The van der Waals surface area contributed by atoms with E-state index in [1.165, 1.54) is 19.8 Å². The van der Waals surface area contributed by atoms with E-state index in [2.05, 4.69) is 10.6 Å². The Morgan fingerprint density at radius 3 is 2.84 bits per heavy atom. The van der Waals surface area contributed by atoms with Crippen LogP contribution in [0.1, 0.15) is 32.6 Å². The first-order valence-corrected chi connectivity index (χ1v) is 6.84. The molecule has 2 aliphatic rings. The van der Waals surface area contributed by atoms with Crippen molar-refractivity contribution in [3.8, 4) is 0 Å². The molecule has 1 saturated carbocycles. The molecule has 19 heavy (non-hydrogen) atoms. The summed E-state index contributed by atoms with van der Waals surface area (Å²) in [5.74, 6) is -0.214. The summed E-state index contributed by atoms with van der Waals surface area (Å²) in [4.78, 5) is 22.7. The molecule has 0 radical (unpaired) electrons. The van der Waals surface area contributed by atoms with Crippen LogP contribution in [0.4, 0.5) is 0 Å². The number of fused-ring (bicyclic) bond motifs is 1. The van der Waals surface area contributed by atoms with E-state index in [1.807, 2.05) is 0 Å². The van der Waals surface area contributed by atoms with Crippen LogP contribution < -0.4 is 10.6 Å². The van der Waals surface area contributed by atoms with Gasteiger partial charge in [-0.1, -0.05) is 6.42 Å². The van der Waals surface area contributed by atoms with Gasteiger partial charge in [0, 0.05) is 6.54 Å². The minimum Gasteiger partial charge on any atom is -0.481 e. The molecule has 0 bridgehead atoms. The van der Waals surface area contributed by atoms with Crippen molar-refractivity contribution in [3.63, 3.8) is 0 Å². The summed E-state index contributed by atoms with van der Waals surface area (Å²) < 4.78 is 0. The van der Waals surface area contributed by atoms with Crippen molar-refractivity contribution in [2.45, 2.75) is 44.2 Å². The molecule has 6 heteroatoms. The molecular formula is C13H22N2O4. The molecule has 108 valence electrons. The topological polar surface area (TPSA) is 98.7 Å². The van der Waals surface area contributed by atoms with Crippen molar-refractivity contribution in [3.05, 3.63) is 0 Å². The molecule has 0 spiro atoms. The second kappa shape index (κ2) is 5.46. The van der Waals surface area contributed by atoms with Gasteiger partial charge in [-0.05, 0) is 38.1 Å². The highest BCUT2D eigenvalue weighted by Gasteiger charge is 2.42. The zero-order valence-electron chi connectivity index (χ0n) is 11.2. The first kappa shape index (κ1) is 14.3. The van der Waals surface area contributed by atoms with Gasteiger partial charge in [-0.3, -0.25) is 9.59 Å². The molecule has 2 fully saturated rings. The van der Waals surface area contributed by atoms with Gasteiger partial charge in [0.2, 0.25) is 5.91 Å². The van der Waals surface area contributed by atoms with Gasteiger partial charge >= 0.3 is 5.97 Å². The van der Waals surface area contributed by atoms with E-state index in [0.717, 1.165) is 13.0 Å². The summed E-state index contributed by atoms with van der Waals surface area (Å²) in [6.45, 7) is 2.27. The van der Waals surface area contributed by atoms with Gasteiger partial charge < -0.3 is 20.8 Å². The van der Waals surface area contributed by atoms with Crippen LogP contribution in [0.25, 0.3) is 0 Å². The van der Waals surface area contributed by atoms with Crippen LogP contribution >= 0.6 is 0 Å². The van der Waals surface area contributed by atoms with E-state index in [9.17, 15) is 14.7 Å². The minimum absolute atomic E-state index is 0.0340.